The number of benzene rings is 2. The summed E-state index contributed by atoms with van der Waals surface area (Å²) in [6.45, 7) is 1.36. The fourth-order valence-electron chi connectivity index (χ4n) is 3.38. The van der Waals surface area contributed by atoms with Gasteiger partial charge in [-0.3, -0.25) is 0 Å². The van der Waals surface area contributed by atoms with Gasteiger partial charge >= 0.3 is 0 Å². The molecule has 0 radical (unpaired) electrons. The highest BCUT2D eigenvalue weighted by atomic mass is 32.1. The number of thiophene rings is 1. The van der Waals surface area contributed by atoms with E-state index in [1.165, 1.54) is 0 Å². The van der Waals surface area contributed by atoms with Crippen LogP contribution in [-0.4, -0.2) is 50.3 Å². The summed E-state index contributed by atoms with van der Waals surface area (Å²) >= 11 is 1.59. The number of aliphatic hydroxyl groups is 1. The Bertz CT molecular complexity index is 1160. The number of hydrogen-bond donors (Lipinski definition) is 2. The maximum absolute atomic E-state index is 10.3. The van der Waals surface area contributed by atoms with Crippen LogP contribution in [-0.2, 0) is 6.42 Å². The van der Waals surface area contributed by atoms with Gasteiger partial charge in [0.1, 0.15) is 28.9 Å². The van der Waals surface area contributed by atoms with Gasteiger partial charge in [-0.05, 0) is 54.2 Å². The Morgan fingerprint density at radius 3 is 2.81 bits per heavy atom. The maximum atomic E-state index is 10.3. The molecule has 0 bridgehead atoms. The minimum Gasteiger partial charge on any atom is -0.493 e. The van der Waals surface area contributed by atoms with E-state index in [1.54, 1.807) is 25.6 Å². The number of hydrogen-bond acceptors (Lipinski definition) is 8. The van der Waals surface area contributed by atoms with E-state index in [0.717, 1.165) is 40.1 Å². The van der Waals surface area contributed by atoms with E-state index >= 15 is 0 Å². The Morgan fingerprint density at radius 1 is 1.09 bits per heavy atom. The molecule has 0 fully saturated rings. The van der Waals surface area contributed by atoms with Crippen molar-refractivity contribution < 1.29 is 23.8 Å². The van der Waals surface area contributed by atoms with Crippen molar-refractivity contribution in [1.29, 1.82) is 0 Å². The molecule has 4 aromatic rings. The van der Waals surface area contributed by atoms with Crippen LogP contribution in [0.15, 0.2) is 58.4 Å². The molecule has 0 aliphatic heterocycles. The molecule has 1 unspecified atom stereocenters. The lowest BCUT2D eigenvalue weighted by Gasteiger charge is -2.14. The Balaban J connectivity index is 1.23. The number of fused-ring (bicyclic) bond motifs is 1. The molecule has 2 aromatic carbocycles. The van der Waals surface area contributed by atoms with Gasteiger partial charge in [0.2, 0.25) is 0 Å². The molecular formula is C24H26N2O5S. The van der Waals surface area contributed by atoms with Crippen molar-refractivity contribution in [3.05, 3.63) is 59.5 Å². The van der Waals surface area contributed by atoms with Crippen molar-refractivity contribution in [2.45, 2.75) is 12.5 Å². The molecule has 0 amide bonds. The fourth-order valence-corrected chi connectivity index (χ4v) is 4.20. The molecule has 0 spiro atoms. The number of aliphatic hydroxyl groups excluding tert-OH is 1. The SMILES string of the molecule is COc1ccc(CCNCC(O)COc2cccc(-c3noc4ccsc34)c2)cc1OC. The first-order chi connectivity index (χ1) is 15.7. The first kappa shape index (κ1) is 22.1. The standard InChI is InChI=1S/C24H26N2O5S/c1-28-20-7-6-16(12-22(20)29-2)8-10-25-14-18(27)15-30-19-5-3-4-17(13-19)23-24-21(31-26-23)9-11-32-24/h3-7,9,11-13,18,25,27H,8,10,14-15H2,1-2H3. The van der Waals surface area contributed by atoms with Gasteiger partial charge in [-0.1, -0.05) is 23.4 Å². The average molecular weight is 455 g/mol. The van der Waals surface area contributed by atoms with Gasteiger partial charge in [0.25, 0.3) is 0 Å². The van der Waals surface area contributed by atoms with Crippen LogP contribution in [0.5, 0.6) is 17.2 Å². The zero-order valence-electron chi connectivity index (χ0n) is 18.0. The molecule has 0 aliphatic rings. The number of rotatable bonds is 11. The summed E-state index contributed by atoms with van der Waals surface area (Å²) in [6.07, 6.45) is 0.185. The summed E-state index contributed by atoms with van der Waals surface area (Å²) in [6, 6.07) is 15.4. The van der Waals surface area contributed by atoms with E-state index in [-0.39, 0.29) is 6.61 Å². The Labute approximate surface area is 190 Å². The molecule has 8 heteroatoms. The molecule has 0 aliphatic carbocycles. The molecule has 2 heterocycles. The molecule has 1 atom stereocenters. The third kappa shape index (κ3) is 5.21. The molecule has 168 valence electrons. The zero-order chi connectivity index (χ0) is 22.3. The predicted molar refractivity (Wildman–Crippen MR) is 125 cm³/mol. The minimum absolute atomic E-state index is 0.194. The van der Waals surface area contributed by atoms with Crippen LogP contribution in [0.2, 0.25) is 0 Å². The van der Waals surface area contributed by atoms with E-state index in [0.29, 0.717) is 23.8 Å². The van der Waals surface area contributed by atoms with Crippen LogP contribution in [0.4, 0.5) is 0 Å². The lowest BCUT2D eigenvalue weighted by Crippen LogP contribution is -2.32. The van der Waals surface area contributed by atoms with Gasteiger partial charge in [-0.2, -0.15) is 0 Å². The highest BCUT2D eigenvalue weighted by Gasteiger charge is 2.13. The van der Waals surface area contributed by atoms with E-state index in [4.69, 9.17) is 18.7 Å². The Hall–Kier alpha value is -3.07. The highest BCUT2D eigenvalue weighted by molar-refractivity contribution is 7.17. The number of aromatic nitrogens is 1. The van der Waals surface area contributed by atoms with Crippen LogP contribution in [0.25, 0.3) is 21.5 Å². The first-order valence-electron chi connectivity index (χ1n) is 10.3. The van der Waals surface area contributed by atoms with Gasteiger partial charge in [0.05, 0.1) is 14.2 Å². The second-order valence-corrected chi connectivity index (χ2v) is 8.20. The van der Waals surface area contributed by atoms with Crippen molar-refractivity contribution in [3.63, 3.8) is 0 Å². The second kappa shape index (κ2) is 10.5. The number of nitrogens with zero attached hydrogens (tertiary/aromatic N) is 1. The summed E-state index contributed by atoms with van der Waals surface area (Å²) in [5.41, 5.74) is 3.64. The minimum atomic E-state index is -0.625. The number of ether oxygens (including phenoxy) is 3. The van der Waals surface area contributed by atoms with Crippen molar-refractivity contribution in [2.24, 2.45) is 0 Å². The normalized spacial score (nSPS) is 12.1. The van der Waals surface area contributed by atoms with Gasteiger partial charge in [0, 0.05) is 12.1 Å². The Kier molecular flexibility index (Phi) is 7.26. The first-order valence-corrected chi connectivity index (χ1v) is 11.2. The van der Waals surface area contributed by atoms with E-state index in [9.17, 15) is 5.11 Å². The maximum Gasteiger partial charge on any atom is 0.178 e. The quantitative estimate of drug-likeness (QED) is 0.329. The lowest BCUT2D eigenvalue weighted by atomic mass is 10.1. The molecule has 2 N–H and O–H groups in total. The smallest absolute Gasteiger partial charge is 0.178 e. The third-order valence-electron chi connectivity index (χ3n) is 5.05. The molecule has 2 aromatic heterocycles. The van der Waals surface area contributed by atoms with Crippen molar-refractivity contribution in [3.8, 4) is 28.5 Å². The van der Waals surface area contributed by atoms with Gasteiger partial charge < -0.3 is 29.2 Å². The largest absolute Gasteiger partial charge is 0.493 e. The van der Waals surface area contributed by atoms with Crippen molar-refractivity contribution in [1.82, 2.24) is 10.5 Å². The van der Waals surface area contributed by atoms with Crippen LogP contribution in [0, 0.1) is 0 Å². The van der Waals surface area contributed by atoms with Crippen LogP contribution in [0.3, 0.4) is 0 Å². The third-order valence-corrected chi connectivity index (χ3v) is 5.95. The van der Waals surface area contributed by atoms with Gasteiger partial charge in [-0.25, -0.2) is 0 Å². The molecule has 32 heavy (non-hydrogen) atoms. The predicted octanol–water partition coefficient (Wildman–Crippen LogP) is 4.15. The van der Waals surface area contributed by atoms with E-state index in [1.807, 2.05) is 53.9 Å². The summed E-state index contributed by atoms with van der Waals surface area (Å²) in [7, 11) is 3.25. The molecule has 0 saturated carbocycles. The van der Waals surface area contributed by atoms with Crippen molar-refractivity contribution >= 4 is 21.6 Å². The summed E-state index contributed by atoms with van der Waals surface area (Å²) in [5, 5.41) is 19.7. The van der Waals surface area contributed by atoms with E-state index in [2.05, 4.69) is 10.5 Å². The van der Waals surface area contributed by atoms with Crippen LogP contribution < -0.4 is 19.5 Å². The molecule has 7 nitrogen and oxygen atoms in total. The summed E-state index contributed by atoms with van der Waals surface area (Å²) in [5.74, 6) is 2.11. The summed E-state index contributed by atoms with van der Waals surface area (Å²) in [4.78, 5) is 0. The fraction of sp³-hybridized carbons (Fsp3) is 0.292. The average Bonchev–Trinajstić information content (AvgIpc) is 3.44. The van der Waals surface area contributed by atoms with Crippen LogP contribution >= 0.6 is 11.3 Å². The Morgan fingerprint density at radius 2 is 1.97 bits per heavy atom. The monoisotopic (exact) mass is 454 g/mol. The van der Waals surface area contributed by atoms with Crippen molar-refractivity contribution in [2.75, 3.05) is 33.9 Å². The lowest BCUT2D eigenvalue weighted by molar-refractivity contribution is 0.106. The molecular weight excluding hydrogens is 428 g/mol. The van der Waals surface area contributed by atoms with Crippen LogP contribution in [0.1, 0.15) is 5.56 Å². The second-order valence-electron chi connectivity index (χ2n) is 7.28. The summed E-state index contributed by atoms with van der Waals surface area (Å²) < 4.78 is 22.8. The van der Waals surface area contributed by atoms with Gasteiger partial charge in [0.15, 0.2) is 17.1 Å². The van der Waals surface area contributed by atoms with Gasteiger partial charge in [-0.15, -0.1) is 11.3 Å². The topological polar surface area (TPSA) is 86.0 Å². The molecule has 4 rings (SSSR count). The zero-order valence-corrected chi connectivity index (χ0v) is 18.9. The number of methoxy groups -OCH3 is 2. The number of nitrogens with one attached hydrogen (secondary N) is 1. The van der Waals surface area contributed by atoms with E-state index < -0.39 is 6.10 Å². The molecule has 0 saturated heterocycles. The highest BCUT2D eigenvalue weighted by Crippen LogP contribution is 2.33.